The van der Waals surface area contributed by atoms with Crippen molar-refractivity contribution >= 4 is 0 Å². The second-order valence-corrected chi connectivity index (χ2v) is 2.84. The summed E-state index contributed by atoms with van der Waals surface area (Å²) in [4.78, 5) is 9.85. The van der Waals surface area contributed by atoms with Crippen LogP contribution in [0.4, 0.5) is 0 Å². The zero-order valence-electron chi connectivity index (χ0n) is 8.39. The second kappa shape index (κ2) is 4.50. The van der Waals surface area contributed by atoms with Gasteiger partial charge in [-0.2, -0.15) is 0 Å². The average Bonchev–Trinajstić information content (AvgIpc) is 2.19. The molecule has 1 aromatic rings. The molecule has 0 heterocycles. The number of aromatic hydroxyl groups is 1. The van der Waals surface area contributed by atoms with E-state index in [1.54, 1.807) is 0 Å². The number of hydrogen-bond donors (Lipinski definition) is 1. The summed E-state index contributed by atoms with van der Waals surface area (Å²) >= 11 is 0. The third kappa shape index (κ3) is 2.49. The van der Waals surface area contributed by atoms with Crippen LogP contribution in [-0.2, 0) is 6.54 Å². The summed E-state index contributed by atoms with van der Waals surface area (Å²) in [6.07, 6.45) is 0. The molecule has 0 unspecified atom stereocenters. The Bertz CT molecular complexity index is 352. The molecular weight excluding hydrogens is 202 g/mol. The van der Waals surface area contributed by atoms with E-state index in [0.29, 0.717) is 5.56 Å². The molecule has 0 saturated carbocycles. The van der Waals surface area contributed by atoms with E-state index < -0.39 is 4.92 Å². The summed E-state index contributed by atoms with van der Waals surface area (Å²) in [6.45, 7) is -0.340. The van der Waals surface area contributed by atoms with Gasteiger partial charge in [-0.1, -0.05) is 0 Å². The van der Waals surface area contributed by atoms with Gasteiger partial charge in [-0.15, -0.1) is 0 Å². The first kappa shape index (κ1) is 11.1. The van der Waals surface area contributed by atoms with E-state index in [2.05, 4.69) is 0 Å². The third-order valence-corrected chi connectivity index (χ3v) is 1.85. The summed E-state index contributed by atoms with van der Waals surface area (Å²) in [5, 5.41) is 19.8. The molecule has 0 amide bonds. The number of rotatable bonds is 4. The highest BCUT2D eigenvalue weighted by Crippen LogP contribution is 2.37. The van der Waals surface area contributed by atoms with Crippen molar-refractivity contribution in [2.75, 3.05) is 14.2 Å². The lowest BCUT2D eigenvalue weighted by molar-refractivity contribution is -0.496. The quantitative estimate of drug-likeness (QED) is 0.600. The number of benzene rings is 1. The van der Waals surface area contributed by atoms with Crippen molar-refractivity contribution in [1.29, 1.82) is 0 Å². The van der Waals surface area contributed by atoms with Crippen LogP contribution in [0.15, 0.2) is 12.1 Å². The second-order valence-electron chi connectivity index (χ2n) is 2.84. The molecular formula is C9H11NO5. The van der Waals surface area contributed by atoms with Gasteiger partial charge >= 0.3 is 0 Å². The third-order valence-electron chi connectivity index (χ3n) is 1.85. The first-order valence-electron chi connectivity index (χ1n) is 4.14. The van der Waals surface area contributed by atoms with E-state index in [1.807, 2.05) is 0 Å². The maximum Gasteiger partial charge on any atom is 0.229 e. The smallest absolute Gasteiger partial charge is 0.229 e. The zero-order valence-corrected chi connectivity index (χ0v) is 8.39. The summed E-state index contributed by atoms with van der Waals surface area (Å²) in [5.74, 6) is 0.157. The highest BCUT2D eigenvalue weighted by Gasteiger charge is 2.13. The number of nitrogens with zero attached hydrogens (tertiary/aromatic N) is 1. The summed E-state index contributed by atoms with van der Waals surface area (Å²) in [6, 6.07) is 2.81. The molecule has 0 fully saturated rings. The highest BCUT2D eigenvalue weighted by molar-refractivity contribution is 5.52. The number of phenols is 1. The fourth-order valence-electron chi connectivity index (χ4n) is 1.19. The van der Waals surface area contributed by atoms with Crippen molar-refractivity contribution in [2.45, 2.75) is 6.54 Å². The maximum absolute atomic E-state index is 10.3. The van der Waals surface area contributed by atoms with Crippen LogP contribution >= 0.6 is 0 Å². The van der Waals surface area contributed by atoms with Crippen LogP contribution in [0.5, 0.6) is 17.2 Å². The molecule has 1 aromatic carbocycles. The molecule has 0 aliphatic rings. The molecule has 0 saturated heterocycles. The first-order chi connectivity index (χ1) is 7.08. The molecule has 0 aliphatic carbocycles. The molecule has 0 aliphatic heterocycles. The number of nitro groups is 1. The molecule has 0 atom stereocenters. The largest absolute Gasteiger partial charge is 0.502 e. The Kier molecular flexibility index (Phi) is 3.33. The summed E-state index contributed by atoms with van der Waals surface area (Å²) < 4.78 is 9.71. The lowest BCUT2D eigenvalue weighted by Crippen LogP contribution is -1.99. The van der Waals surface area contributed by atoms with Gasteiger partial charge < -0.3 is 14.6 Å². The van der Waals surface area contributed by atoms with Crippen molar-refractivity contribution in [1.82, 2.24) is 0 Å². The molecule has 6 heteroatoms. The summed E-state index contributed by atoms with van der Waals surface area (Å²) in [5.41, 5.74) is 0.409. The van der Waals surface area contributed by atoms with Crippen molar-refractivity contribution < 1.29 is 19.5 Å². The van der Waals surface area contributed by atoms with Crippen LogP contribution in [0.3, 0.4) is 0 Å². The average molecular weight is 213 g/mol. The normalized spacial score (nSPS) is 9.73. The highest BCUT2D eigenvalue weighted by atomic mass is 16.6. The minimum atomic E-state index is -0.467. The Labute approximate surface area is 86.2 Å². The topological polar surface area (TPSA) is 81.8 Å². The molecule has 82 valence electrons. The van der Waals surface area contributed by atoms with Crippen LogP contribution in [0.1, 0.15) is 5.56 Å². The maximum atomic E-state index is 10.3. The molecule has 1 rings (SSSR count). The predicted octanol–water partition coefficient (Wildman–Crippen LogP) is 1.19. The lowest BCUT2D eigenvalue weighted by Gasteiger charge is -2.09. The lowest BCUT2D eigenvalue weighted by atomic mass is 10.2. The molecule has 1 N–H and O–H groups in total. The van der Waals surface area contributed by atoms with Gasteiger partial charge in [0.1, 0.15) is 0 Å². The van der Waals surface area contributed by atoms with Gasteiger partial charge in [-0.05, 0) is 12.1 Å². The zero-order chi connectivity index (χ0) is 11.4. The fraction of sp³-hybridized carbons (Fsp3) is 0.333. The van der Waals surface area contributed by atoms with Crippen LogP contribution in [0.25, 0.3) is 0 Å². The number of methoxy groups -OCH3 is 2. The Morgan fingerprint density at radius 1 is 1.33 bits per heavy atom. The van der Waals surface area contributed by atoms with E-state index in [9.17, 15) is 15.2 Å². The predicted molar refractivity (Wildman–Crippen MR) is 51.9 cm³/mol. The van der Waals surface area contributed by atoms with Gasteiger partial charge in [0, 0.05) is 10.5 Å². The molecule has 6 nitrogen and oxygen atoms in total. The molecule has 0 bridgehead atoms. The Hall–Kier alpha value is -1.98. The van der Waals surface area contributed by atoms with Crippen molar-refractivity contribution in [3.8, 4) is 17.2 Å². The van der Waals surface area contributed by atoms with E-state index >= 15 is 0 Å². The van der Waals surface area contributed by atoms with Gasteiger partial charge in [0.15, 0.2) is 11.5 Å². The Balaban J connectivity index is 3.14. The molecule has 15 heavy (non-hydrogen) atoms. The minimum Gasteiger partial charge on any atom is -0.502 e. The van der Waals surface area contributed by atoms with Gasteiger partial charge in [0.2, 0.25) is 12.3 Å². The first-order valence-corrected chi connectivity index (χ1v) is 4.14. The van der Waals surface area contributed by atoms with Crippen molar-refractivity contribution in [2.24, 2.45) is 0 Å². The molecule has 0 radical (unpaired) electrons. The van der Waals surface area contributed by atoms with Crippen LogP contribution in [0.2, 0.25) is 0 Å². The van der Waals surface area contributed by atoms with Gasteiger partial charge in [-0.25, -0.2) is 0 Å². The van der Waals surface area contributed by atoms with E-state index in [4.69, 9.17) is 9.47 Å². The fourth-order valence-corrected chi connectivity index (χ4v) is 1.19. The van der Waals surface area contributed by atoms with E-state index in [0.717, 1.165) is 0 Å². The van der Waals surface area contributed by atoms with Crippen LogP contribution in [0, 0.1) is 10.1 Å². The van der Waals surface area contributed by atoms with Gasteiger partial charge in [0.05, 0.1) is 14.2 Å². The monoisotopic (exact) mass is 213 g/mol. The van der Waals surface area contributed by atoms with Crippen LogP contribution in [-0.4, -0.2) is 24.2 Å². The van der Waals surface area contributed by atoms with Crippen LogP contribution < -0.4 is 9.47 Å². The number of ether oxygens (including phenoxy) is 2. The van der Waals surface area contributed by atoms with Crippen molar-refractivity contribution in [3.05, 3.63) is 27.8 Å². The number of phenolic OH excluding ortho intramolecular Hbond substituents is 1. The number of hydrogen-bond acceptors (Lipinski definition) is 5. The Morgan fingerprint density at radius 3 is 2.13 bits per heavy atom. The summed E-state index contributed by atoms with van der Waals surface area (Å²) in [7, 11) is 2.73. The minimum absolute atomic E-state index is 0.159. The van der Waals surface area contributed by atoms with Crippen molar-refractivity contribution in [3.63, 3.8) is 0 Å². The molecule has 0 spiro atoms. The van der Waals surface area contributed by atoms with Gasteiger partial charge in [-0.3, -0.25) is 10.1 Å². The SMILES string of the molecule is COc1cc(C[N+](=O)[O-])cc(OC)c1O. The van der Waals surface area contributed by atoms with Gasteiger partial charge in [0.25, 0.3) is 0 Å². The van der Waals surface area contributed by atoms with E-state index in [1.165, 1.54) is 26.4 Å². The van der Waals surface area contributed by atoms with E-state index in [-0.39, 0.29) is 23.8 Å². The Morgan fingerprint density at radius 2 is 1.80 bits per heavy atom. The molecule has 0 aromatic heterocycles. The standard InChI is InChI=1S/C9H11NO5/c1-14-7-3-6(5-10(12)13)4-8(15-2)9(7)11/h3-4,11H,5H2,1-2H3.